The zero-order chi connectivity index (χ0) is 11.6. The van der Waals surface area contributed by atoms with E-state index in [-0.39, 0.29) is 5.91 Å². The first-order valence-corrected chi connectivity index (χ1v) is 5.95. The van der Waals surface area contributed by atoms with Crippen molar-refractivity contribution in [1.82, 2.24) is 5.32 Å². The summed E-state index contributed by atoms with van der Waals surface area (Å²) in [4.78, 5) is 11.1. The number of thiol groups is 1. The lowest BCUT2D eigenvalue weighted by Gasteiger charge is -2.05. The highest BCUT2D eigenvalue weighted by Gasteiger charge is 1.97. The quantitative estimate of drug-likeness (QED) is 0.561. The van der Waals surface area contributed by atoms with Crippen LogP contribution in [-0.2, 0) is 16.1 Å². The highest BCUT2D eigenvalue weighted by atomic mass is 32.1. The molecule has 0 aromatic heterocycles. The first-order valence-electron chi connectivity index (χ1n) is 5.32. The Morgan fingerprint density at radius 1 is 1.31 bits per heavy atom. The largest absolute Gasteiger partial charge is 0.375 e. The van der Waals surface area contributed by atoms with Crippen LogP contribution in [0.1, 0.15) is 12.0 Å². The van der Waals surface area contributed by atoms with E-state index in [0.717, 1.165) is 5.56 Å². The van der Waals surface area contributed by atoms with Gasteiger partial charge in [0.15, 0.2) is 0 Å². The molecule has 0 spiro atoms. The van der Waals surface area contributed by atoms with Crippen molar-refractivity contribution in [3.05, 3.63) is 35.9 Å². The number of carbonyl (C=O) groups is 1. The van der Waals surface area contributed by atoms with Crippen LogP contribution in [0.3, 0.4) is 0 Å². The molecule has 1 N–H and O–H groups in total. The van der Waals surface area contributed by atoms with Gasteiger partial charge in [0.05, 0.1) is 13.2 Å². The lowest BCUT2D eigenvalue weighted by atomic mass is 10.2. The normalized spacial score (nSPS) is 10.1. The van der Waals surface area contributed by atoms with Crippen molar-refractivity contribution in [2.24, 2.45) is 0 Å². The smallest absolute Gasteiger partial charge is 0.220 e. The second-order valence-corrected chi connectivity index (χ2v) is 3.81. The maximum atomic E-state index is 11.1. The van der Waals surface area contributed by atoms with Crippen molar-refractivity contribution in [2.75, 3.05) is 18.9 Å². The highest BCUT2D eigenvalue weighted by molar-refractivity contribution is 7.80. The van der Waals surface area contributed by atoms with Gasteiger partial charge in [0, 0.05) is 13.0 Å². The van der Waals surface area contributed by atoms with Gasteiger partial charge in [-0.25, -0.2) is 0 Å². The molecule has 0 unspecified atom stereocenters. The van der Waals surface area contributed by atoms with Gasteiger partial charge in [0.25, 0.3) is 0 Å². The predicted molar refractivity (Wildman–Crippen MR) is 67.6 cm³/mol. The molecule has 0 saturated heterocycles. The third kappa shape index (κ3) is 5.78. The zero-order valence-corrected chi connectivity index (χ0v) is 10.1. The van der Waals surface area contributed by atoms with Gasteiger partial charge in [-0.2, -0.15) is 12.6 Å². The van der Waals surface area contributed by atoms with Crippen LogP contribution >= 0.6 is 12.6 Å². The molecule has 3 nitrogen and oxygen atoms in total. The summed E-state index contributed by atoms with van der Waals surface area (Å²) in [5.41, 5.74) is 1.14. The molecule has 0 saturated carbocycles. The summed E-state index contributed by atoms with van der Waals surface area (Å²) in [5.74, 6) is 0.606. The molecule has 0 fully saturated rings. The van der Waals surface area contributed by atoms with Crippen molar-refractivity contribution in [3.63, 3.8) is 0 Å². The molecular weight excluding hydrogens is 222 g/mol. The lowest BCUT2D eigenvalue weighted by Crippen LogP contribution is -2.27. The Morgan fingerprint density at radius 2 is 2.06 bits per heavy atom. The van der Waals surface area contributed by atoms with Crippen LogP contribution in [0.15, 0.2) is 30.3 Å². The number of hydrogen-bond donors (Lipinski definition) is 2. The van der Waals surface area contributed by atoms with E-state index in [9.17, 15) is 4.79 Å². The maximum absolute atomic E-state index is 11.1. The summed E-state index contributed by atoms with van der Waals surface area (Å²) in [6.07, 6.45) is 0.460. The molecule has 16 heavy (non-hydrogen) atoms. The second kappa shape index (κ2) is 8.19. The minimum absolute atomic E-state index is 0.0262. The zero-order valence-electron chi connectivity index (χ0n) is 9.19. The van der Waals surface area contributed by atoms with Crippen LogP contribution in [0, 0.1) is 0 Å². The number of amides is 1. The third-order valence-corrected chi connectivity index (χ3v) is 2.24. The minimum atomic E-state index is 0.0262. The molecule has 0 bridgehead atoms. The summed E-state index contributed by atoms with van der Waals surface area (Å²) in [5, 5.41) is 2.76. The van der Waals surface area contributed by atoms with Gasteiger partial charge in [-0.3, -0.25) is 4.79 Å². The van der Waals surface area contributed by atoms with Gasteiger partial charge in [-0.05, 0) is 11.3 Å². The summed E-state index contributed by atoms with van der Waals surface area (Å²) in [6.45, 7) is 1.68. The molecular formula is C12H17NO2S. The summed E-state index contributed by atoms with van der Waals surface area (Å²) in [6, 6.07) is 9.96. The number of hydrogen-bond acceptors (Lipinski definition) is 3. The van der Waals surface area contributed by atoms with Crippen molar-refractivity contribution < 1.29 is 9.53 Å². The lowest BCUT2D eigenvalue weighted by molar-refractivity contribution is -0.120. The van der Waals surface area contributed by atoms with Crippen molar-refractivity contribution in [2.45, 2.75) is 13.0 Å². The van der Waals surface area contributed by atoms with Crippen LogP contribution in [0.2, 0.25) is 0 Å². The van der Waals surface area contributed by atoms with Gasteiger partial charge >= 0.3 is 0 Å². The fraction of sp³-hybridized carbons (Fsp3) is 0.417. The van der Waals surface area contributed by atoms with Gasteiger partial charge in [0.1, 0.15) is 0 Å². The number of benzene rings is 1. The fourth-order valence-electron chi connectivity index (χ4n) is 1.22. The summed E-state index contributed by atoms with van der Waals surface area (Å²) >= 11 is 3.98. The van der Waals surface area contributed by atoms with Crippen LogP contribution in [0.4, 0.5) is 0 Å². The average Bonchev–Trinajstić information content (AvgIpc) is 2.30. The predicted octanol–water partition coefficient (Wildman–Crippen LogP) is 1.64. The van der Waals surface area contributed by atoms with Gasteiger partial charge in [-0.15, -0.1) is 0 Å². The van der Waals surface area contributed by atoms with E-state index >= 15 is 0 Å². The summed E-state index contributed by atoms with van der Waals surface area (Å²) in [7, 11) is 0. The van der Waals surface area contributed by atoms with Crippen molar-refractivity contribution in [3.8, 4) is 0 Å². The van der Waals surface area contributed by atoms with Gasteiger partial charge in [-0.1, -0.05) is 30.3 Å². The summed E-state index contributed by atoms with van der Waals surface area (Å²) < 4.78 is 5.41. The van der Waals surface area contributed by atoms with E-state index in [1.807, 2.05) is 30.3 Å². The standard InChI is InChI=1S/C12H17NO2S/c14-12(6-9-16)13-7-8-15-10-11-4-2-1-3-5-11/h1-5,16H,6-10H2,(H,13,14). The van der Waals surface area contributed by atoms with Crippen molar-refractivity contribution >= 4 is 18.5 Å². The molecule has 1 rings (SSSR count). The van der Waals surface area contributed by atoms with Crippen LogP contribution in [-0.4, -0.2) is 24.8 Å². The number of ether oxygens (including phenoxy) is 1. The molecule has 4 heteroatoms. The van der Waals surface area contributed by atoms with Crippen molar-refractivity contribution in [1.29, 1.82) is 0 Å². The Hall–Kier alpha value is -1.00. The second-order valence-electron chi connectivity index (χ2n) is 3.36. The average molecular weight is 239 g/mol. The van der Waals surface area contributed by atoms with Gasteiger partial charge in [0.2, 0.25) is 5.91 Å². The molecule has 0 aliphatic rings. The van der Waals surface area contributed by atoms with Crippen LogP contribution in [0.25, 0.3) is 0 Å². The molecule has 0 aliphatic carbocycles. The van der Waals surface area contributed by atoms with Crippen LogP contribution in [0.5, 0.6) is 0 Å². The van der Waals surface area contributed by atoms with E-state index in [4.69, 9.17) is 4.74 Å². The molecule has 0 radical (unpaired) electrons. The van der Waals surface area contributed by atoms with Gasteiger partial charge < -0.3 is 10.1 Å². The Morgan fingerprint density at radius 3 is 2.75 bits per heavy atom. The van der Waals surface area contributed by atoms with Crippen LogP contribution < -0.4 is 5.32 Å². The Labute approximate surface area is 102 Å². The van der Waals surface area contributed by atoms with E-state index in [1.54, 1.807) is 0 Å². The molecule has 88 valence electrons. The topological polar surface area (TPSA) is 38.3 Å². The first kappa shape index (κ1) is 13.1. The number of carbonyl (C=O) groups excluding carboxylic acids is 1. The van der Waals surface area contributed by atoms with E-state index in [2.05, 4.69) is 17.9 Å². The first-order chi connectivity index (χ1) is 7.83. The Balaban J connectivity index is 2.02. The Kier molecular flexibility index (Phi) is 6.69. The Bertz CT molecular complexity index is 303. The monoisotopic (exact) mass is 239 g/mol. The molecule has 0 atom stereocenters. The number of nitrogens with one attached hydrogen (secondary N) is 1. The molecule has 0 heterocycles. The fourth-order valence-corrected chi connectivity index (χ4v) is 1.42. The minimum Gasteiger partial charge on any atom is -0.375 e. The maximum Gasteiger partial charge on any atom is 0.220 e. The van der Waals surface area contributed by atoms with E-state index in [1.165, 1.54) is 0 Å². The highest BCUT2D eigenvalue weighted by Crippen LogP contribution is 1.99. The molecule has 0 aliphatic heterocycles. The van der Waals surface area contributed by atoms with E-state index < -0.39 is 0 Å². The number of rotatable bonds is 7. The molecule has 1 amide bonds. The SMILES string of the molecule is O=C(CCS)NCCOCc1ccccc1. The molecule has 1 aromatic rings. The third-order valence-electron chi connectivity index (χ3n) is 2.02. The van der Waals surface area contributed by atoms with E-state index in [0.29, 0.717) is 31.9 Å². The molecule has 1 aromatic carbocycles.